The maximum absolute atomic E-state index is 12.7. The largest absolute Gasteiger partial charge is 0.480 e. The lowest BCUT2D eigenvalue weighted by atomic mass is 10.1. The predicted octanol–water partition coefficient (Wildman–Crippen LogP) is 3.04. The van der Waals surface area contributed by atoms with Crippen LogP contribution in [-0.4, -0.2) is 27.6 Å². The van der Waals surface area contributed by atoms with Crippen molar-refractivity contribution in [2.75, 3.05) is 5.32 Å². The number of aryl methyl sites for hydroxylation is 1. The van der Waals surface area contributed by atoms with Crippen molar-refractivity contribution in [2.24, 2.45) is 12.8 Å². The van der Waals surface area contributed by atoms with Crippen LogP contribution in [-0.2, 0) is 18.3 Å². The van der Waals surface area contributed by atoms with Gasteiger partial charge in [0.1, 0.15) is 6.04 Å². The molecule has 0 aliphatic rings. The third-order valence-electron chi connectivity index (χ3n) is 4.20. The highest BCUT2D eigenvalue weighted by Crippen LogP contribution is 2.26. The Morgan fingerprint density at radius 1 is 1.27 bits per heavy atom. The molecule has 0 saturated carbocycles. The van der Waals surface area contributed by atoms with Gasteiger partial charge in [-0.25, -0.2) is 0 Å². The van der Waals surface area contributed by atoms with Gasteiger partial charge in [0.15, 0.2) is 0 Å². The fraction of sp³-hybridized carbons (Fsp3) is 0.158. The number of aromatic nitrogens is 1. The number of anilines is 1. The Labute approximate surface area is 155 Å². The van der Waals surface area contributed by atoms with Crippen molar-refractivity contribution in [3.63, 3.8) is 0 Å². The van der Waals surface area contributed by atoms with Gasteiger partial charge in [0.05, 0.1) is 16.3 Å². The number of nitrogens with two attached hydrogens (primary N) is 1. The quantitative estimate of drug-likeness (QED) is 0.642. The normalized spacial score (nSPS) is 12.1. The number of nitrogens with one attached hydrogen (secondary N) is 1. The average molecular weight is 372 g/mol. The molecule has 0 unspecified atom stereocenters. The van der Waals surface area contributed by atoms with Crippen LogP contribution in [0, 0.1) is 0 Å². The predicted molar refractivity (Wildman–Crippen MR) is 102 cm³/mol. The smallest absolute Gasteiger partial charge is 0.320 e. The Morgan fingerprint density at radius 3 is 2.69 bits per heavy atom. The number of para-hydroxylation sites is 1. The molecule has 0 aliphatic carbocycles. The average Bonchev–Trinajstić information content (AvgIpc) is 2.94. The first-order valence-electron chi connectivity index (χ1n) is 7.99. The number of nitrogens with zero attached hydrogens (tertiary/aromatic N) is 1. The minimum Gasteiger partial charge on any atom is -0.480 e. The number of benzene rings is 2. The lowest BCUT2D eigenvalue weighted by Crippen LogP contribution is -2.32. The second-order valence-corrected chi connectivity index (χ2v) is 6.50. The van der Waals surface area contributed by atoms with Crippen molar-refractivity contribution in [3.8, 4) is 0 Å². The van der Waals surface area contributed by atoms with Gasteiger partial charge < -0.3 is 20.7 Å². The highest BCUT2D eigenvalue weighted by molar-refractivity contribution is 6.34. The van der Waals surface area contributed by atoms with Gasteiger partial charge in [-0.05, 0) is 30.2 Å². The van der Waals surface area contributed by atoms with Crippen LogP contribution in [0.2, 0.25) is 5.02 Å². The van der Waals surface area contributed by atoms with Gasteiger partial charge in [-0.3, -0.25) is 9.59 Å². The van der Waals surface area contributed by atoms with E-state index < -0.39 is 12.0 Å². The molecule has 0 saturated heterocycles. The minimum absolute atomic E-state index is 0.159. The molecule has 4 N–H and O–H groups in total. The Bertz CT molecular complexity index is 997. The number of carboxylic acid groups (broad SMARTS) is 1. The number of aliphatic carboxylic acids is 1. The van der Waals surface area contributed by atoms with Crippen LogP contribution in [0.1, 0.15) is 15.9 Å². The Morgan fingerprint density at radius 2 is 2.00 bits per heavy atom. The molecule has 3 aromatic rings. The number of rotatable bonds is 5. The monoisotopic (exact) mass is 371 g/mol. The topological polar surface area (TPSA) is 97.4 Å². The van der Waals surface area contributed by atoms with Crippen LogP contribution in [0.3, 0.4) is 0 Å². The molecule has 1 aromatic heterocycles. The number of carboxylic acids is 1. The van der Waals surface area contributed by atoms with Crippen LogP contribution < -0.4 is 11.1 Å². The zero-order valence-electron chi connectivity index (χ0n) is 14.1. The van der Waals surface area contributed by atoms with E-state index in [2.05, 4.69) is 5.32 Å². The van der Waals surface area contributed by atoms with E-state index in [4.69, 9.17) is 22.4 Å². The first-order chi connectivity index (χ1) is 12.4. The molecule has 2 aromatic carbocycles. The van der Waals surface area contributed by atoms with Gasteiger partial charge in [0.25, 0.3) is 5.91 Å². The molecule has 0 radical (unpaired) electrons. The van der Waals surface area contributed by atoms with Crippen LogP contribution >= 0.6 is 11.6 Å². The molecule has 1 amide bonds. The van der Waals surface area contributed by atoms with Gasteiger partial charge in [-0.1, -0.05) is 35.9 Å². The first kappa shape index (κ1) is 18.0. The molecule has 0 aliphatic heterocycles. The number of carbonyl (C=O) groups excluding carboxylic acids is 1. The Balaban J connectivity index is 1.82. The van der Waals surface area contributed by atoms with Crippen molar-refractivity contribution < 1.29 is 14.7 Å². The molecule has 1 heterocycles. The van der Waals surface area contributed by atoms with Gasteiger partial charge in [-0.15, -0.1) is 0 Å². The number of hydrogen-bond acceptors (Lipinski definition) is 3. The minimum atomic E-state index is -1.07. The number of fused-ring (bicyclic) bond motifs is 1. The van der Waals surface area contributed by atoms with Crippen LogP contribution in [0.4, 0.5) is 5.69 Å². The second-order valence-electron chi connectivity index (χ2n) is 6.09. The molecule has 0 fully saturated rings. The molecule has 0 bridgehead atoms. The number of carbonyl (C=O) groups is 2. The van der Waals surface area contributed by atoms with Gasteiger partial charge in [0.2, 0.25) is 0 Å². The van der Waals surface area contributed by atoms with Gasteiger partial charge in [0, 0.05) is 24.1 Å². The van der Waals surface area contributed by atoms with Crippen molar-refractivity contribution >= 4 is 40.1 Å². The lowest BCUT2D eigenvalue weighted by molar-refractivity contribution is -0.138. The van der Waals surface area contributed by atoms with Gasteiger partial charge in [-0.2, -0.15) is 0 Å². The second kappa shape index (κ2) is 7.19. The summed E-state index contributed by atoms with van der Waals surface area (Å²) in [5, 5.41) is 12.9. The molecule has 7 heteroatoms. The van der Waals surface area contributed by atoms with E-state index >= 15 is 0 Å². The van der Waals surface area contributed by atoms with Crippen molar-refractivity contribution in [3.05, 3.63) is 64.8 Å². The summed E-state index contributed by atoms with van der Waals surface area (Å²) in [4.78, 5) is 23.5. The summed E-state index contributed by atoms with van der Waals surface area (Å²) in [7, 11) is 1.88. The number of amides is 1. The summed E-state index contributed by atoms with van der Waals surface area (Å²) in [6, 6.07) is 11.6. The zero-order chi connectivity index (χ0) is 18.8. The zero-order valence-corrected chi connectivity index (χ0v) is 14.8. The fourth-order valence-corrected chi connectivity index (χ4v) is 3.09. The third-order valence-corrected chi connectivity index (χ3v) is 4.51. The van der Waals surface area contributed by atoms with E-state index in [9.17, 15) is 9.59 Å². The van der Waals surface area contributed by atoms with Crippen molar-refractivity contribution in [1.29, 1.82) is 0 Å². The maximum Gasteiger partial charge on any atom is 0.320 e. The van der Waals surface area contributed by atoms with E-state index in [-0.39, 0.29) is 12.3 Å². The third kappa shape index (κ3) is 3.56. The first-order valence-corrected chi connectivity index (χ1v) is 8.37. The van der Waals surface area contributed by atoms with Gasteiger partial charge >= 0.3 is 5.97 Å². The summed E-state index contributed by atoms with van der Waals surface area (Å²) < 4.78 is 1.89. The van der Waals surface area contributed by atoms with Crippen molar-refractivity contribution in [1.82, 2.24) is 4.57 Å². The standard InChI is InChI=1S/C19H18ClN3O3/c1-23-10-13(12-4-2-3-5-17(12)23)18(24)22-16-7-6-11(8-14(16)20)9-15(21)19(25)26/h2-8,10,15H,9,21H2,1H3,(H,22,24)(H,25,26)/t15-/m0/s1. The summed E-state index contributed by atoms with van der Waals surface area (Å²) in [5.74, 6) is -1.34. The summed E-state index contributed by atoms with van der Waals surface area (Å²) >= 11 is 6.24. The van der Waals surface area contributed by atoms with E-state index in [1.165, 1.54) is 0 Å². The number of halogens is 1. The van der Waals surface area contributed by atoms with E-state index in [0.29, 0.717) is 21.8 Å². The SMILES string of the molecule is Cn1cc(C(=O)Nc2ccc(C[C@H](N)C(=O)O)cc2Cl)c2ccccc21. The molecule has 1 atom stereocenters. The molecular weight excluding hydrogens is 354 g/mol. The molecular formula is C19H18ClN3O3. The molecule has 6 nitrogen and oxygen atoms in total. The van der Waals surface area contributed by atoms with Crippen molar-refractivity contribution in [2.45, 2.75) is 12.5 Å². The highest BCUT2D eigenvalue weighted by atomic mass is 35.5. The number of hydrogen-bond donors (Lipinski definition) is 3. The summed E-state index contributed by atoms with van der Waals surface area (Å²) in [6.07, 6.45) is 1.93. The molecule has 0 spiro atoms. The molecule has 3 rings (SSSR count). The van der Waals surface area contributed by atoms with E-state index in [1.54, 1.807) is 24.4 Å². The van der Waals surface area contributed by atoms with E-state index in [0.717, 1.165) is 10.9 Å². The summed E-state index contributed by atoms with van der Waals surface area (Å²) in [5.41, 5.74) is 8.19. The Hall–Kier alpha value is -2.83. The molecule has 26 heavy (non-hydrogen) atoms. The highest BCUT2D eigenvalue weighted by Gasteiger charge is 2.16. The maximum atomic E-state index is 12.7. The Kier molecular flexibility index (Phi) is 4.97. The van der Waals surface area contributed by atoms with Crippen LogP contribution in [0.5, 0.6) is 0 Å². The van der Waals surface area contributed by atoms with Crippen LogP contribution in [0.25, 0.3) is 10.9 Å². The fourth-order valence-electron chi connectivity index (χ4n) is 2.84. The van der Waals surface area contributed by atoms with Crippen LogP contribution in [0.15, 0.2) is 48.7 Å². The molecule has 134 valence electrons. The lowest BCUT2D eigenvalue weighted by Gasteiger charge is -2.10. The summed E-state index contributed by atoms with van der Waals surface area (Å²) in [6.45, 7) is 0. The van der Waals surface area contributed by atoms with E-state index in [1.807, 2.05) is 35.9 Å².